The molecule has 1 aromatic heterocycles. The third-order valence-corrected chi connectivity index (χ3v) is 5.75. The largest absolute Gasteiger partial charge is 0.370 e. The van der Waals surface area contributed by atoms with E-state index in [9.17, 15) is 9.59 Å². The first-order valence-electron chi connectivity index (χ1n) is 10.6. The molecule has 0 bridgehead atoms. The molecule has 1 atom stereocenters. The van der Waals surface area contributed by atoms with Gasteiger partial charge in [0.15, 0.2) is 0 Å². The zero-order valence-corrected chi connectivity index (χ0v) is 17.2. The van der Waals surface area contributed by atoms with Gasteiger partial charge in [0.25, 0.3) is 0 Å². The van der Waals surface area contributed by atoms with Gasteiger partial charge in [-0.1, -0.05) is 36.4 Å². The Bertz CT molecular complexity index is 838. The van der Waals surface area contributed by atoms with Gasteiger partial charge in [0, 0.05) is 51.8 Å². The maximum atomic E-state index is 12.7. The van der Waals surface area contributed by atoms with Gasteiger partial charge in [-0.05, 0) is 17.7 Å². The highest BCUT2D eigenvalue weighted by Crippen LogP contribution is 2.22. The number of piperazine rings is 1. The number of nitrogens with zero attached hydrogens (tertiary/aromatic N) is 4. The lowest BCUT2D eigenvalue weighted by Crippen LogP contribution is -2.49. The van der Waals surface area contributed by atoms with Gasteiger partial charge in [-0.25, -0.2) is 4.98 Å². The van der Waals surface area contributed by atoms with Crippen molar-refractivity contribution in [3.8, 4) is 0 Å². The predicted octanol–water partition coefficient (Wildman–Crippen LogP) is 2.11. The van der Waals surface area contributed by atoms with Crippen molar-refractivity contribution in [2.24, 2.45) is 0 Å². The maximum Gasteiger partial charge on any atom is 0.223 e. The van der Waals surface area contributed by atoms with Crippen molar-refractivity contribution in [2.45, 2.75) is 18.9 Å². The smallest absolute Gasteiger partial charge is 0.223 e. The molecule has 0 aliphatic carbocycles. The van der Waals surface area contributed by atoms with E-state index in [1.165, 1.54) is 0 Å². The summed E-state index contributed by atoms with van der Waals surface area (Å²) in [5.74, 6) is 1.02. The average Bonchev–Trinajstić information content (AvgIpc) is 2.83. The van der Waals surface area contributed by atoms with E-state index in [-0.39, 0.29) is 30.8 Å². The summed E-state index contributed by atoms with van der Waals surface area (Å²) < 4.78 is 5.83. The number of morpholine rings is 1. The van der Waals surface area contributed by atoms with E-state index in [0.29, 0.717) is 32.8 Å². The molecule has 2 amide bonds. The number of anilines is 1. The van der Waals surface area contributed by atoms with Crippen molar-refractivity contribution < 1.29 is 14.3 Å². The second-order valence-electron chi connectivity index (χ2n) is 7.67. The summed E-state index contributed by atoms with van der Waals surface area (Å²) in [6.45, 7) is 4.50. The van der Waals surface area contributed by atoms with Crippen LogP contribution >= 0.6 is 0 Å². The number of amides is 2. The van der Waals surface area contributed by atoms with E-state index in [1.54, 1.807) is 6.20 Å². The molecule has 4 rings (SSSR count). The molecular weight excluding hydrogens is 380 g/mol. The summed E-state index contributed by atoms with van der Waals surface area (Å²) in [5.41, 5.74) is 1.08. The van der Waals surface area contributed by atoms with Gasteiger partial charge in [-0.15, -0.1) is 0 Å². The second-order valence-corrected chi connectivity index (χ2v) is 7.67. The van der Waals surface area contributed by atoms with E-state index in [4.69, 9.17) is 4.74 Å². The third-order valence-electron chi connectivity index (χ3n) is 5.75. The Kier molecular flexibility index (Phi) is 6.59. The number of rotatable bonds is 5. The topological polar surface area (TPSA) is 66.0 Å². The number of carbonyl (C=O) groups is 2. The fourth-order valence-electron chi connectivity index (χ4n) is 4.00. The molecule has 1 unspecified atom stereocenters. The minimum Gasteiger partial charge on any atom is -0.370 e. The molecular formula is C23H28N4O3. The molecule has 0 spiro atoms. The maximum absolute atomic E-state index is 12.7. The standard InChI is InChI=1S/C23H28N4O3/c28-22(26-14-12-25(13-15-26)21-8-4-5-11-24-21)9-10-23(29)27-16-17-30-20(18-27)19-6-2-1-3-7-19/h1-8,11,20H,9-10,12-18H2. The lowest BCUT2D eigenvalue weighted by atomic mass is 10.1. The SMILES string of the molecule is O=C(CCC(=O)N1CCOC(c2ccccc2)C1)N1CCN(c2ccccn2)CC1. The van der Waals surface area contributed by atoms with Crippen LogP contribution in [0, 0.1) is 0 Å². The van der Waals surface area contributed by atoms with Gasteiger partial charge in [-0.2, -0.15) is 0 Å². The zero-order chi connectivity index (χ0) is 20.8. The van der Waals surface area contributed by atoms with Crippen molar-refractivity contribution in [3.63, 3.8) is 0 Å². The summed E-state index contributed by atoms with van der Waals surface area (Å²) in [6, 6.07) is 15.8. The van der Waals surface area contributed by atoms with Crippen LogP contribution in [0.15, 0.2) is 54.7 Å². The Morgan fingerprint density at radius 2 is 1.57 bits per heavy atom. The van der Waals surface area contributed by atoms with Crippen LogP contribution in [-0.4, -0.2) is 72.5 Å². The van der Waals surface area contributed by atoms with E-state index in [1.807, 2.05) is 58.3 Å². The van der Waals surface area contributed by atoms with Crippen molar-refractivity contribution in [2.75, 3.05) is 50.8 Å². The summed E-state index contributed by atoms with van der Waals surface area (Å²) >= 11 is 0. The lowest BCUT2D eigenvalue weighted by molar-refractivity contribution is -0.142. The molecule has 2 saturated heterocycles. The number of carbonyl (C=O) groups excluding carboxylic acids is 2. The van der Waals surface area contributed by atoms with Crippen LogP contribution in [-0.2, 0) is 14.3 Å². The van der Waals surface area contributed by atoms with Crippen LogP contribution in [0.3, 0.4) is 0 Å². The fraction of sp³-hybridized carbons (Fsp3) is 0.435. The zero-order valence-electron chi connectivity index (χ0n) is 17.2. The molecule has 0 N–H and O–H groups in total. The number of ether oxygens (including phenoxy) is 1. The van der Waals surface area contributed by atoms with Gasteiger partial charge in [-0.3, -0.25) is 9.59 Å². The van der Waals surface area contributed by atoms with Crippen molar-refractivity contribution in [3.05, 3.63) is 60.3 Å². The van der Waals surface area contributed by atoms with Crippen LogP contribution in [0.25, 0.3) is 0 Å². The summed E-state index contributed by atoms with van der Waals surface area (Å²) in [5, 5.41) is 0. The Morgan fingerprint density at radius 3 is 2.27 bits per heavy atom. The van der Waals surface area contributed by atoms with Crippen molar-refractivity contribution in [1.29, 1.82) is 0 Å². The highest BCUT2D eigenvalue weighted by molar-refractivity contribution is 5.84. The molecule has 3 heterocycles. The molecule has 2 aromatic rings. The minimum atomic E-state index is -0.0979. The van der Waals surface area contributed by atoms with Crippen LogP contribution < -0.4 is 4.90 Å². The van der Waals surface area contributed by atoms with E-state index >= 15 is 0 Å². The van der Waals surface area contributed by atoms with E-state index in [2.05, 4.69) is 9.88 Å². The quantitative estimate of drug-likeness (QED) is 0.758. The average molecular weight is 409 g/mol. The Labute approximate surface area is 177 Å². The number of hydrogen-bond acceptors (Lipinski definition) is 5. The number of hydrogen-bond donors (Lipinski definition) is 0. The summed E-state index contributed by atoms with van der Waals surface area (Å²) in [7, 11) is 0. The Balaban J connectivity index is 1.22. The molecule has 0 radical (unpaired) electrons. The van der Waals surface area contributed by atoms with Gasteiger partial charge in [0.05, 0.1) is 13.2 Å². The van der Waals surface area contributed by atoms with Crippen LogP contribution in [0.1, 0.15) is 24.5 Å². The molecule has 1 aromatic carbocycles. The van der Waals surface area contributed by atoms with Gasteiger partial charge >= 0.3 is 0 Å². The number of aromatic nitrogens is 1. The minimum absolute atomic E-state index is 0.0275. The molecule has 7 heteroatoms. The van der Waals surface area contributed by atoms with Crippen molar-refractivity contribution >= 4 is 17.6 Å². The molecule has 7 nitrogen and oxygen atoms in total. The molecule has 2 fully saturated rings. The Hall–Kier alpha value is -2.93. The monoisotopic (exact) mass is 408 g/mol. The van der Waals surface area contributed by atoms with Crippen LogP contribution in [0.2, 0.25) is 0 Å². The predicted molar refractivity (Wildman–Crippen MR) is 114 cm³/mol. The molecule has 30 heavy (non-hydrogen) atoms. The molecule has 0 saturated carbocycles. The summed E-state index contributed by atoms with van der Waals surface area (Å²) in [6.07, 6.45) is 2.20. The normalized spacial score (nSPS) is 19.6. The van der Waals surface area contributed by atoms with Gasteiger partial charge in [0.1, 0.15) is 11.9 Å². The number of benzene rings is 1. The molecule has 2 aliphatic heterocycles. The Morgan fingerprint density at radius 1 is 0.867 bits per heavy atom. The van der Waals surface area contributed by atoms with E-state index < -0.39 is 0 Å². The van der Waals surface area contributed by atoms with Crippen molar-refractivity contribution in [1.82, 2.24) is 14.8 Å². The first-order valence-corrected chi connectivity index (χ1v) is 10.6. The molecule has 2 aliphatic rings. The fourth-order valence-corrected chi connectivity index (χ4v) is 4.00. The first kappa shape index (κ1) is 20.3. The van der Waals surface area contributed by atoms with Gasteiger partial charge in [0.2, 0.25) is 11.8 Å². The summed E-state index contributed by atoms with van der Waals surface area (Å²) in [4.78, 5) is 35.5. The highest BCUT2D eigenvalue weighted by atomic mass is 16.5. The molecule has 158 valence electrons. The van der Waals surface area contributed by atoms with Gasteiger partial charge < -0.3 is 19.4 Å². The number of pyridine rings is 1. The lowest BCUT2D eigenvalue weighted by Gasteiger charge is -2.36. The third kappa shape index (κ3) is 4.97. The highest BCUT2D eigenvalue weighted by Gasteiger charge is 2.27. The second kappa shape index (κ2) is 9.71. The van der Waals surface area contributed by atoms with Crippen LogP contribution in [0.4, 0.5) is 5.82 Å². The van der Waals surface area contributed by atoms with E-state index in [0.717, 1.165) is 24.5 Å². The first-order chi connectivity index (χ1) is 14.7. The van der Waals surface area contributed by atoms with Crippen LogP contribution in [0.5, 0.6) is 0 Å².